The summed E-state index contributed by atoms with van der Waals surface area (Å²) in [5, 5.41) is 3.07. The van der Waals surface area contributed by atoms with Crippen LogP contribution in [0.2, 0.25) is 0 Å². The van der Waals surface area contributed by atoms with Crippen LogP contribution in [0, 0.1) is 5.41 Å². The quantitative estimate of drug-likeness (QED) is 0.677. The molecule has 1 aliphatic rings. The Morgan fingerprint density at radius 2 is 2.27 bits per heavy atom. The summed E-state index contributed by atoms with van der Waals surface area (Å²) in [6, 6.07) is 0. The molecule has 0 spiro atoms. The molecule has 0 aromatic heterocycles. The van der Waals surface area contributed by atoms with Crippen LogP contribution in [0.5, 0.6) is 0 Å². The van der Waals surface area contributed by atoms with Gasteiger partial charge in [-0.05, 0) is 11.8 Å². The van der Waals surface area contributed by atoms with Crippen LogP contribution < -0.4 is 5.32 Å². The molecule has 0 aromatic rings. The fourth-order valence-corrected chi connectivity index (χ4v) is 1.81. The van der Waals surface area contributed by atoms with E-state index in [0.717, 1.165) is 26.1 Å². The van der Waals surface area contributed by atoms with Crippen LogP contribution in [-0.2, 0) is 9.53 Å². The van der Waals surface area contributed by atoms with Crippen molar-refractivity contribution in [2.75, 3.05) is 39.9 Å². The summed E-state index contributed by atoms with van der Waals surface area (Å²) in [6.45, 7) is 8.02. The van der Waals surface area contributed by atoms with Crippen molar-refractivity contribution in [3.63, 3.8) is 0 Å². The molecule has 1 heterocycles. The Hall–Kier alpha value is -0.610. The van der Waals surface area contributed by atoms with Crippen molar-refractivity contribution in [1.29, 1.82) is 0 Å². The molecule has 0 saturated carbocycles. The van der Waals surface area contributed by atoms with Gasteiger partial charge in [-0.1, -0.05) is 13.8 Å². The van der Waals surface area contributed by atoms with Gasteiger partial charge < -0.3 is 15.0 Å². The first-order valence-corrected chi connectivity index (χ1v) is 5.52. The Morgan fingerprint density at radius 1 is 1.53 bits per heavy atom. The predicted molar refractivity (Wildman–Crippen MR) is 59.7 cm³/mol. The van der Waals surface area contributed by atoms with Gasteiger partial charge >= 0.3 is 0 Å². The summed E-state index contributed by atoms with van der Waals surface area (Å²) in [5.74, 6) is 0.205. The number of ether oxygens (including phenoxy) is 1. The van der Waals surface area contributed by atoms with E-state index < -0.39 is 0 Å². The number of hydrogen-bond acceptors (Lipinski definition) is 3. The van der Waals surface area contributed by atoms with E-state index in [1.807, 2.05) is 4.90 Å². The maximum absolute atomic E-state index is 11.7. The molecule has 15 heavy (non-hydrogen) atoms. The normalized spacial score (nSPS) is 19.5. The number of rotatable bonds is 5. The van der Waals surface area contributed by atoms with E-state index in [-0.39, 0.29) is 5.91 Å². The third kappa shape index (κ3) is 4.18. The summed E-state index contributed by atoms with van der Waals surface area (Å²) >= 11 is 0. The fraction of sp³-hybridized carbons (Fsp3) is 0.909. The highest BCUT2D eigenvalue weighted by Crippen LogP contribution is 2.28. The molecule has 0 bridgehead atoms. The molecule has 1 saturated heterocycles. The Balaban J connectivity index is 2.18. The van der Waals surface area contributed by atoms with E-state index in [4.69, 9.17) is 4.74 Å². The number of nitrogens with zero attached hydrogens (tertiary/aromatic N) is 1. The lowest BCUT2D eigenvalue weighted by Gasteiger charge is -2.19. The van der Waals surface area contributed by atoms with Gasteiger partial charge in [0.2, 0.25) is 5.91 Å². The Bertz CT molecular complexity index is 217. The number of carbonyl (C=O) groups excluding carboxylic acids is 1. The van der Waals surface area contributed by atoms with E-state index in [1.165, 1.54) is 0 Å². The molecule has 1 fully saturated rings. The molecule has 1 amide bonds. The molecule has 0 aromatic carbocycles. The second kappa shape index (κ2) is 5.47. The van der Waals surface area contributed by atoms with E-state index in [2.05, 4.69) is 19.2 Å². The number of likely N-dealkylation sites (tertiary alicyclic amines) is 1. The average molecular weight is 214 g/mol. The second-order valence-corrected chi connectivity index (χ2v) is 4.90. The zero-order valence-corrected chi connectivity index (χ0v) is 10.0. The maximum atomic E-state index is 11.7. The predicted octanol–water partition coefficient (Wildman–Crippen LogP) is 0.481. The molecular formula is C11H22N2O2. The largest absolute Gasteiger partial charge is 0.383 e. The van der Waals surface area contributed by atoms with Crippen molar-refractivity contribution >= 4 is 5.91 Å². The van der Waals surface area contributed by atoms with Gasteiger partial charge in [-0.3, -0.25) is 4.79 Å². The molecule has 1 N–H and O–H groups in total. The molecule has 0 radical (unpaired) electrons. The summed E-state index contributed by atoms with van der Waals surface area (Å²) < 4.78 is 4.89. The lowest BCUT2D eigenvalue weighted by atomic mass is 9.93. The summed E-state index contributed by atoms with van der Waals surface area (Å²) in [6.07, 6.45) is 1.11. The highest BCUT2D eigenvalue weighted by Gasteiger charge is 2.31. The Morgan fingerprint density at radius 3 is 2.80 bits per heavy atom. The minimum absolute atomic E-state index is 0.205. The lowest BCUT2D eigenvalue weighted by molar-refractivity contribution is -0.129. The average Bonchev–Trinajstić information content (AvgIpc) is 2.53. The van der Waals surface area contributed by atoms with Gasteiger partial charge in [0.05, 0.1) is 13.2 Å². The highest BCUT2D eigenvalue weighted by atomic mass is 16.5. The van der Waals surface area contributed by atoms with Gasteiger partial charge in [0, 0.05) is 26.7 Å². The first kappa shape index (κ1) is 12.5. The Kier molecular flexibility index (Phi) is 4.54. The molecule has 88 valence electrons. The number of hydrogen-bond donors (Lipinski definition) is 1. The first-order chi connectivity index (χ1) is 7.05. The number of methoxy groups -OCH3 is 1. The van der Waals surface area contributed by atoms with Crippen molar-refractivity contribution in [1.82, 2.24) is 10.2 Å². The van der Waals surface area contributed by atoms with Crippen molar-refractivity contribution < 1.29 is 9.53 Å². The monoisotopic (exact) mass is 214 g/mol. The van der Waals surface area contributed by atoms with Gasteiger partial charge in [-0.15, -0.1) is 0 Å². The molecule has 0 atom stereocenters. The molecule has 1 aliphatic heterocycles. The second-order valence-electron chi connectivity index (χ2n) is 4.90. The highest BCUT2D eigenvalue weighted by molar-refractivity contribution is 5.78. The van der Waals surface area contributed by atoms with Crippen LogP contribution in [0.1, 0.15) is 20.3 Å². The van der Waals surface area contributed by atoms with Gasteiger partial charge in [0.15, 0.2) is 0 Å². The van der Waals surface area contributed by atoms with Crippen molar-refractivity contribution in [3.8, 4) is 0 Å². The molecular weight excluding hydrogens is 192 g/mol. The third-order valence-corrected chi connectivity index (χ3v) is 2.79. The summed E-state index contributed by atoms with van der Waals surface area (Å²) in [5.41, 5.74) is 0.294. The smallest absolute Gasteiger partial charge is 0.236 e. The van der Waals surface area contributed by atoms with Gasteiger partial charge in [-0.2, -0.15) is 0 Å². The standard InChI is InChI=1S/C11H22N2O2/c1-11(2)4-6-13(9-11)10(14)8-12-5-7-15-3/h12H,4-9H2,1-3H3. The van der Waals surface area contributed by atoms with Crippen LogP contribution in [0.25, 0.3) is 0 Å². The Labute approximate surface area is 92.0 Å². The fourth-order valence-electron chi connectivity index (χ4n) is 1.81. The van der Waals surface area contributed by atoms with E-state index in [0.29, 0.717) is 18.6 Å². The van der Waals surface area contributed by atoms with Crippen LogP contribution in [0.3, 0.4) is 0 Å². The van der Waals surface area contributed by atoms with Crippen molar-refractivity contribution in [2.24, 2.45) is 5.41 Å². The van der Waals surface area contributed by atoms with Crippen molar-refractivity contribution in [3.05, 3.63) is 0 Å². The third-order valence-electron chi connectivity index (χ3n) is 2.79. The van der Waals surface area contributed by atoms with Crippen LogP contribution in [0.15, 0.2) is 0 Å². The summed E-state index contributed by atoms with van der Waals surface area (Å²) in [4.78, 5) is 13.7. The molecule has 1 rings (SSSR count). The zero-order chi connectivity index (χ0) is 11.3. The maximum Gasteiger partial charge on any atom is 0.236 e. The molecule has 0 unspecified atom stereocenters. The van der Waals surface area contributed by atoms with Gasteiger partial charge in [-0.25, -0.2) is 0 Å². The van der Waals surface area contributed by atoms with E-state index in [9.17, 15) is 4.79 Å². The van der Waals surface area contributed by atoms with E-state index >= 15 is 0 Å². The zero-order valence-electron chi connectivity index (χ0n) is 10.0. The minimum atomic E-state index is 0.205. The lowest BCUT2D eigenvalue weighted by Crippen LogP contribution is -2.38. The minimum Gasteiger partial charge on any atom is -0.383 e. The van der Waals surface area contributed by atoms with Crippen LogP contribution in [-0.4, -0.2) is 50.7 Å². The topological polar surface area (TPSA) is 41.6 Å². The number of nitrogens with one attached hydrogen (secondary N) is 1. The van der Waals surface area contributed by atoms with E-state index in [1.54, 1.807) is 7.11 Å². The summed E-state index contributed by atoms with van der Waals surface area (Å²) in [7, 11) is 1.66. The van der Waals surface area contributed by atoms with Crippen molar-refractivity contribution in [2.45, 2.75) is 20.3 Å². The van der Waals surface area contributed by atoms with Gasteiger partial charge in [0.25, 0.3) is 0 Å². The van der Waals surface area contributed by atoms with Gasteiger partial charge in [0.1, 0.15) is 0 Å². The SMILES string of the molecule is COCCNCC(=O)N1CCC(C)(C)C1. The number of carbonyl (C=O) groups is 1. The molecule has 4 heteroatoms. The first-order valence-electron chi connectivity index (χ1n) is 5.52. The van der Waals surface area contributed by atoms with Crippen LogP contribution >= 0.6 is 0 Å². The molecule has 4 nitrogen and oxygen atoms in total. The molecule has 0 aliphatic carbocycles. The van der Waals surface area contributed by atoms with Crippen LogP contribution in [0.4, 0.5) is 0 Å². The number of amides is 1.